The Hall–Kier alpha value is -1.51. The first-order valence-corrected chi connectivity index (χ1v) is 5.79. The summed E-state index contributed by atoms with van der Waals surface area (Å²) in [7, 11) is 3.26. The van der Waals surface area contributed by atoms with E-state index < -0.39 is 0 Å². The van der Waals surface area contributed by atoms with Crippen molar-refractivity contribution in [2.75, 3.05) is 14.2 Å². The van der Waals surface area contributed by atoms with Crippen LogP contribution in [0.2, 0.25) is 0 Å². The van der Waals surface area contributed by atoms with E-state index in [1.807, 2.05) is 19.1 Å². The van der Waals surface area contributed by atoms with Crippen LogP contribution in [0.15, 0.2) is 12.1 Å². The molecular formula is C14H20O3. The van der Waals surface area contributed by atoms with Crippen molar-refractivity contribution < 1.29 is 14.3 Å². The average Bonchev–Trinajstić information content (AvgIpc) is 2.30. The van der Waals surface area contributed by atoms with Crippen molar-refractivity contribution in [1.82, 2.24) is 0 Å². The number of carbonyl (C=O) groups excluding carboxylic acids is 1. The van der Waals surface area contributed by atoms with Crippen LogP contribution in [0.4, 0.5) is 0 Å². The van der Waals surface area contributed by atoms with Crippen LogP contribution in [0.1, 0.15) is 30.9 Å². The summed E-state index contributed by atoms with van der Waals surface area (Å²) in [6.45, 7) is 3.67. The fourth-order valence-corrected chi connectivity index (χ4v) is 1.82. The SMILES string of the molecule is COc1cc(C)c(CCCC(C)=O)cc1OC. The largest absolute Gasteiger partial charge is 0.493 e. The predicted octanol–water partition coefficient (Wildman–Crippen LogP) is 2.92. The first kappa shape index (κ1) is 13.6. The Morgan fingerprint density at radius 3 is 2.29 bits per heavy atom. The van der Waals surface area contributed by atoms with E-state index in [0.29, 0.717) is 6.42 Å². The maximum atomic E-state index is 10.9. The fraction of sp³-hybridized carbons (Fsp3) is 0.500. The highest BCUT2D eigenvalue weighted by Gasteiger charge is 2.08. The van der Waals surface area contributed by atoms with Gasteiger partial charge < -0.3 is 14.3 Å². The van der Waals surface area contributed by atoms with Crippen molar-refractivity contribution in [1.29, 1.82) is 0 Å². The number of carbonyl (C=O) groups is 1. The van der Waals surface area contributed by atoms with E-state index in [2.05, 4.69) is 0 Å². The zero-order valence-corrected chi connectivity index (χ0v) is 11.0. The summed E-state index contributed by atoms with van der Waals surface area (Å²) >= 11 is 0. The number of methoxy groups -OCH3 is 2. The summed E-state index contributed by atoms with van der Waals surface area (Å²) in [6, 6.07) is 3.97. The standard InChI is InChI=1S/C14H20O3/c1-10-8-13(16-3)14(17-4)9-12(10)7-5-6-11(2)15/h8-9H,5-7H2,1-4H3. The lowest BCUT2D eigenvalue weighted by Crippen LogP contribution is -1.98. The van der Waals surface area contributed by atoms with E-state index in [9.17, 15) is 4.79 Å². The minimum absolute atomic E-state index is 0.239. The summed E-state index contributed by atoms with van der Waals surface area (Å²) in [5, 5.41) is 0. The molecule has 0 unspecified atom stereocenters. The average molecular weight is 236 g/mol. The van der Waals surface area contributed by atoms with Gasteiger partial charge in [-0.05, 0) is 49.9 Å². The zero-order valence-electron chi connectivity index (χ0n) is 11.0. The topological polar surface area (TPSA) is 35.5 Å². The highest BCUT2D eigenvalue weighted by atomic mass is 16.5. The Morgan fingerprint density at radius 2 is 1.76 bits per heavy atom. The molecule has 3 heteroatoms. The molecule has 0 amide bonds. The number of rotatable bonds is 6. The first-order valence-electron chi connectivity index (χ1n) is 5.79. The summed E-state index contributed by atoms with van der Waals surface area (Å²) in [5.41, 5.74) is 2.38. The molecule has 94 valence electrons. The van der Waals surface area contributed by atoms with Gasteiger partial charge in [0.1, 0.15) is 5.78 Å². The lowest BCUT2D eigenvalue weighted by Gasteiger charge is -2.12. The second-order valence-electron chi connectivity index (χ2n) is 4.19. The van der Waals surface area contributed by atoms with E-state index in [0.717, 1.165) is 24.3 Å². The van der Waals surface area contributed by atoms with Crippen LogP contribution in [0.3, 0.4) is 0 Å². The number of hydrogen-bond donors (Lipinski definition) is 0. The van der Waals surface area contributed by atoms with Gasteiger partial charge in [-0.1, -0.05) is 0 Å². The maximum absolute atomic E-state index is 10.9. The summed E-state index contributed by atoms with van der Waals surface area (Å²) in [5.74, 6) is 1.74. The minimum atomic E-state index is 0.239. The molecule has 1 rings (SSSR count). The lowest BCUT2D eigenvalue weighted by molar-refractivity contribution is -0.117. The van der Waals surface area contributed by atoms with Gasteiger partial charge in [0, 0.05) is 6.42 Å². The molecule has 0 N–H and O–H groups in total. The van der Waals surface area contributed by atoms with Gasteiger partial charge in [0.25, 0.3) is 0 Å². The maximum Gasteiger partial charge on any atom is 0.161 e. The third-order valence-electron chi connectivity index (χ3n) is 2.82. The van der Waals surface area contributed by atoms with Crippen molar-refractivity contribution in [2.24, 2.45) is 0 Å². The van der Waals surface area contributed by atoms with Gasteiger partial charge in [0.15, 0.2) is 11.5 Å². The molecule has 17 heavy (non-hydrogen) atoms. The van der Waals surface area contributed by atoms with Crippen LogP contribution < -0.4 is 9.47 Å². The normalized spacial score (nSPS) is 10.1. The van der Waals surface area contributed by atoms with Crippen molar-refractivity contribution in [2.45, 2.75) is 33.1 Å². The molecule has 0 aliphatic rings. The van der Waals surface area contributed by atoms with Gasteiger partial charge in [0.05, 0.1) is 14.2 Å². The molecule has 0 aliphatic carbocycles. The Morgan fingerprint density at radius 1 is 1.18 bits per heavy atom. The van der Waals surface area contributed by atoms with Crippen LogP contribution in [-0.4, -0.2) is 20.0 Å². The molecule has 0 radical (unpaired) electrons. The Bertz CT molecular complexity index is 397. The van der Waals surface area contributed by atoms with Crippen molar-refractivity contribution in [3.05, 3.63) is 23.3 Å². The van der Waals surface area contributed by atoms with E-state index in [1.54, 1.807) is 21.1 Å². The highest BCUT2D eigenvalue weighted by Crippen LogP contribution is 2.30. The molecule has 0 heterocycles. The van der Waals surface area contributed by atoms with Crippen LogP contribution >= 0.6 is 0 Å². The molecule has 0 atom stereocenters. The van der Waals surface area contributed by atoms with Crippen molar-refractivity contribution in [3.8, 4) is 11.5 Å². The fourth-order valence-electron chi connectivity index (χ4n) is 1.82. The minimum Gasteiger partial charge on any atom is -0.493 e. The number of aryl methyl sites for hydroxylation is 2. The molecule has 0 saturated heterocycles. The first-order chi connectivity index (χ1) is 8.08. The third-order valence-corrected chi connectivity index (χ3v) is 2.82. The van der Waals surface area contributed by atoms with E-state index in [1.165, 1.54) is 11.1 Å². The quantitative estimate of drug-likeness (QED) is 0.761. The second-order valence-corrected chi connectivity index (χ2v) is 4.19. The molecule has 0 bridgehead atoms. The zero-order chi connectivity index (χ0) is 12.8. The smallest absolute Gasteiger partial charge is 0.161 e. The monoisotopic (exact) mass is 236 g/mol. The van der Waals surface area contributed by atoms with Gasteiger partial charge in [-0.25, -0.2) is 0 Å². The molecule has 0 spiro atoms. The van der Waals surface area contributed by atoms with E-state index >= 15 is 0 Å². The van der Waals surface area contributed by atoms with Crippen LogP contribution in [0.25, 0.3) is 0 Å². The van der Waals surface area contributed by atoms with Crippen molar-refractivity contribution in [3.63, 3.8) is 0 Å². The van der Waals surface area contributed by atoms with Crippen molar-refractivity contribution >= 4 is 5.78 Å². The number of ether oxygens (including phenoxy) is 2. The molecule has 0 aliphatic heterocycles. The molecule has 0 fully saturated rings. The van der Waals surface area contributed by atoms with Crippen LogP contribution in [-0.2, 0) is 11.2 Å². The highest BCUT2D eigenvalue weighted by molar-refractivity contribution is 5.75. The van der Waals surface area contributed by atoms with Crippen LogP contribution in [0, 0.1) is 6.92 Å². The molecule has 1 aromatic carbocycles. The van der Waals surface area contributed by atoms with E-state index in [4.69, 9.17) is 9.47 Å². The van der Waals surface area contributed by atoms with Gasteiger partial charge in [-0.2, -0.15) is 0 Å². The third kappa shape index (κ3) is 3.77. The molecular weight excluding hydrogens is 216 g/mol. The lowest BCUT2D eigenvalue weighted by atomic mass is 10.0. The summed E-state index contributed by atoms with van der Waals surface area (Å²) < 4.78 is 10.5. The molecule has 3 nitrogen and oxygen atoms in total. The summed E-state index contributed by atoms with van der Waals surface area (Å²) in [6.07, 6.45) is 2.41. The number of benzene rings is 1. The van der Waals surface area contributed by atoms with Gasteiger partial charge in [0.2, 0.25) is 0 Å². The molecule has 0 saturated carbocycles. The molecule has 0 aromatic heterocycles. The second kappa shape index (κ2) is 6.28. The Kier molecular flexibility index (Phi) is 5.01. The van der Waals surface area contributed by atoms with Gasteiger partial charge in [-0.3, -0.25) is 0 Å². The number of Topliss-reactive ketones (excluding diaryl/α,β-unsaturated/α-hetero) is 1. The Balaban J connectivity index is 2.81. The van der Waals surface area contributed by atoms with Gasteiger partial charge in [-0.15, -0.1) is 0 Å². The summed E-state index contributed by atoms with van der Waals surface area (Å²) in [4.78, 5) is 10.9. The van der Waals surface area contributed by atoms with E-state index in [-0.39, 0.29) is 5.78 Å². The van der Waals surface area contributed by atoms with Crippen LogP contribution in [0.5, 0.6) is 11.5 Å². The Labute approximate surface area is 103 Å². The molecule has 1 aromatic rings. The number of ketones is 1. The number of hydrogen-bond acceptors (Lipinski definition) is 3. The predicted molar refractivity (Wildman–Crippen MR) is 67.9 cm³/mol. The van der Waals surface area contributed by atoms with Gasteiger partial charge >= 0.3 is 0 Å².